The zero-order valence-corrected chi connectivity index (χ0v) is 9.46. The second-order valence-corrected chi connectivity index (χ2v) is 2.98. The summed E-state index contributed by atoms with van der Waals surface area (Å²) in [6, 6.07) is -0.862. The lowest BCUT2D eigenvalue weighted by Gasteiger charge is -2.03. The van der Waals surface area contributed by atoms with Crippen molar-refractivity contribution in [3.8, 4) is 0 Å². The number of nitrogens with one attached hydrogen (secondary N) is 1. The highest BCUT2D eigenvalue weighted by atomic mass is 16.5. The average Bonchev–Trinajstić information content (AvgIpc) is 2.22. The molecule has 0 aliphatic heterocycles. The summed E-state index contributed by atoms with van der Waals surface area (Å²) in [5.41, 5.74) is 12.0. The highest BCUT2D eigenvalue weighted by molar-refractivity contribution is 5.76. The van der Waals surface area contributed by atoms with E-state index < -0.39 is 18.0 Å². The molecule has 0 heterocycles. The lowest BCUT2D eigenvalue weighted by atomic mass is 10.2. The molecule has 0 aromatic carbocycles. The standard InChI is InChI=1S/C6H14N4O3.C2H4O2/c7-4(5(11)12)2-1-3-9-6(8)10-13;1-2(3)4/h4,13H,1-3,7H2,(H,11,12)(H3,8,9,10);1H3,(H,3,4)/t4-;/m1./s1. The first-order valence-electron chi connectivity index (χ1n) is 4.69. The van der Waals surface area contributed by atoms with Crippen LogP contribution < -0.4 is 16.9 Å². The molecule has 0 aromatic heterocycles. The largest absolute Gasteiger partial charge is 0.481 e. The number of hydroxylamine groups is 1. The maximum Gasteiger partial charge on any atom is 0.320 e. The van der Waals surface area contributed by atoms with Gasteiger partial charge in [0.05, 0.1) is 0 Å². The Kier molecular flexibility index (Phi) is 11.0. The Morgan fingerprint density at radius 2 is 1.88 bits per heavy atom. The topological polar surface area (TPSA) is 171 Å². The molecule has 0 aliphatic rings. The van der Waals surface area contributed by atoms with Gasteiger partial charge in [0, 0.05) is 13.5 Å². The van der Waals surface area contributed by atoms with Crippen LogP contribution in [0.4, 0.5) is 0 Å². The number of carbonyl (C=O) groups is 2. The smallest absolute Gasteiger partial charge is 0.320 e. The van der Waals surface area contributed by atoms with Gasteiger partial charge in [0.25, 0.3) is 5.97 Å². The molecule has 0 bridgehead atoms. The molecule has 9 nitrogen and oxygen atoms in total. The van der Waals surface area contributed by atoms with Gasteiger partial charge < -0.3 is 21.7 Å². The van der Waals surface area contributed by atoms with Gasteiger partial charge in [0.2, 0.25) is 5.96 Å². The summed E-state index contributed by atoms with van der Waals surface area (Å²) >= 11 is 0. The maximum atomic E-state index is 10.2. The second kappa shape index (κ2) is 10.6. The third-order valence-electron chi connectivity index (χ3n) is 1.39. The van der Waals surface area contributed by atoms with Crippen LogP contribution in [0.5, 0.6) is 0 Å². The van der Waals surface area contributed by atoms with Gasteiger partial charge in [0.15, 0.2) is 0 Å². The molecule has 0 rings (SSSR count). The molecule has 0 fully saturated rings. The molecule has 100 valence electrons. The number of aliphatic carboxylic acids is 2. The van der Waals surface area contributed by atoms with Gasteiger partial charge in [-0.2, -0.15) is 0 Å². The normalized spacial score (nSPS) is 12.1. The summed E-state index contributed by atoms with van der Waals surface area (Å²) in [6.07, 6.45) is 0.841. The molecule has 0 unspecified atom stereocenters. The van der Waals surface area contributed by atoms with E-state index in [2.05, 4.69) is 4.99 Å². The molecule has 1 atom stereocenters. The lowest BCUT2D eigenvalue weighted by molar-refractivity contribution is -0.138. The number of hydrogen-bond acceptors (Lipinski definition) is 5. The van der Waals surface area contributed by atoms with Crippen LogP contribution in [-0.2, 0) is 9.59 Å². The Labute approximate surface area is 98.1 Å². The third kappa shape index (κ3) is 16.8. The van der Waals surface area contributed by atoms with Gasteiger partial charge in [-0.15, -0.1) is 0 Å². The van der Waals surface area contributed by atoms with Crippen molar-refractivity contribution < 1.29 is 25.0 Å². The van der Waals surface area contributed by atoms with Gasteiger partial charge in [0.1, 0.15) is 6.04 Å². The van der Waals surface area contributed by atoms with Gasteiger partial charge in [-0.3, -0.25) is 19.8 Å². The minimum absolute atomic E-state index is 0.0936. The van der Waals surface area contributed by atoms with Crippen LogP contribution in [0.3, 0.4) is 0 Å². The summed E-state index contributed by atoms with van der Waals surface area (Å²) < 4.78 is 0. The monoisotopic (exact) mass is 250 g/mol. The van der Waals surface area contributed by atoms with Crippen molar-refractivity contribution in [1.29, 1.82) is 0 Å². The second-order valence-electron chi connectivity index (χ2n) is 2.98. The molecule has 0 aliphatic carbocycles. The number of hydrogen-bond donors (Lipinski definition) is 6. The molecule has 0 aromatic rings. The Morgan fingerprint density at radius 3 is 2.24 bits per heavy atom. The van der Waals surface area contributed by atoms with E-state index in [-0.39, 0.29) is 5.96 Å². The van der Waals surface area contributed by atoms with Gasteiger partial charge in [-0.05, 0) is 12.8 Å². The summed E-state index contributed by atoms with van der Waals surface area (Å²) in [5.74, 6) is -1.96. The Morgan fingerprint density at radius 1 is 1.41 bits per heavy atom. The van der Waals surface area contributed by atoms with Crippen LogP contribution in [0, 0.1) is 0 Å². The molecule has 17 heavy (non-hydrogen) atoms. The predicted octanol–water partition coefficient (Wildman–Crippen LogP) is -1.44. The van der Waals surface area contributed by atoms with Crippen LogP contribution >= 0.6 is 0 Å². The van der Waals surface area contributed by atoms with E-state index in [1.807, 2.05) is 0 Å². The summed E-state index contributed by atoms with van der Waals surface area (Å²) in [7, 11) is 0. The predicted molar refractivity (Wildman–Crippen MR) is 59.6 cm³/mol. The summed E-state index contributed by atoms with van der Waals surface area (Å²) in [4.78, 5) is 22.9. The minimum Gasteiger partial charge on any atom is -0.481 e. The van der Waals surface area contributed by atoms with Crippen molar-refractivity contribution in [3.63, 3.8) is 0 Å². The fraction of sp³-hybridized carbons (Fsp3) is 0.625. The van der Waals surface area contributed by atoms with Crippen molar-refractivity contribution in [2.45, 2.75) is 25.8 Å². The summed E-state index contributed by atoms with van der Waals surface area (Å²) in [6.45, 7) is 1.42. The zero-order chi connectivity index (χ0) is 13.8. The van der Waals surface area contributed by atoms with E-state index in [1.165, 1.54) is 0 Å². The molecule has 0 radical (unpaired) electrons. The highest BCUT2D eigenvalue weighted by Gasteiger charge is 2.09. The number of nitrogens with zero attached hydrogens (tertiary/aromatic N) is 1. The maximum absolute atomic E-state index is 10.2. The van der Waals surface area contributed by atoms with Crippen LogP contribution in [0.15, 0.2) is 4.99 Å². The molecule has 0 amide bonds. The Bertz CT molecular complexity index is 265. The number of nitrogens with two attached hydrogens (primary N) is 2. The molecule has 8 N–H and O–H groups in total. The number of rotatable bonds is 5. The third-order valence-corrected chi connectivity index (χ3v) is 1.39. The van der Waals surface area contributed by atoms with Gasteiger partial charge in [-0.25, -0.2) is 5.48 Å². The van der Waals surface area contributed by atoms with E-state index in [0.717, 1.165) is 6.92 Å². The molecule has 0 saturated carbocycles. The fourth-order valence-corrected chi connectivity index (χ4v) is 0.670. The zero-order valence-electron chi connectivity index (χ0n) is 9.46. The fourth-order valence-electron chi connectivity index (χ4n) is 0.670. The van der Waals surface area contributed by atoms with E-state index in [0.29, 0.717) is 19.4 Å². The average molecular weight is 250 g/mol. The SMILES string of the molecule is CC(=O)O.NC(=NCCC[C@@H](N)C(=O)O)NO. The van der Waals surface area contributed by atoms with Crippen LogP contribution in [0.1, 0.15) is 19.8 Å². The summed E-state index contributed by atoms with van der Waals surface area (Å²) in [5, 5.41) is 24.0. The first-order chi connectivity index (χ1) is 7.81. The van der Waals surface area contributed by atoms with Crippen molar-refractivity contribution in [3.05, 3.63) is 0 Å². The van der Waals surface area contributed by atoms with Crippen LogP contribution in [0.25, 0.3) is 0 Å². The first kappa shape index (κ1) is 17.5. The highest BCUT2D eigenvalue weighted by Crippen LogP contribution is 1.94. The molecule has 0 saturated heterocycles. The van der Waals surface area contributed by atoms with Crippen molar-refractivity contribution in [1.82, 2.24) is 5.48 Å². The van der Waals surface area contributed by atoms with Crippen LogP contribution in [-0.4, -0.2) is 45.9 Å². The number of carboxylic acids is 2. The van der Waals surface area contributed by atoms with Gasteiger partial charge >= 0.3 is 5.97 Å². The number of carboxylic acid groups (broad SMARTS) is 2. The van der Waals surface area contributed by atoms with E-state index in [4.69, 9.17) is 31.7 Å². The van der Waals surface area contributed by atoms with E-state index >= 15 is 0 Å². The molecular formula is C8H18N4O5. The van der Waals surface area contributed by atoms with Crippen molar-refractivity contribution in [2.24, 2.45) is 16.5 Å². The van der Waals surface area contributed by atoms with E-state index in [1.54, 1.807) is 5.48 Å². The van der Waals surface area contributed by atoms with Crippen molar-refractivity contribution in [2.75, 3.05) is 6.54 Å². The minimum atomic E-state index is -1.03. The Hall–Kier alpha value is -1.87. The first-order valence-corrected chi connectivity index (χ1v) is 4.69. The van der Waals surface area contributed by atoms with E-state index in [9.17, 15) is 4.79 Å². The molecular weight excluding hydrogens is 232 g/mol. The van der Waals surface area contributed by atoms with Crippen molar-refractivity contribution >= 4 is 17.9 Å². The number of guanidine groups is 1. The molecule has 9 heteroatoms. The molecule has 0 spiro atoms. The lowest BCUT2D eigenvalue weighted by Crippen LogP contribution is -2.30. The Balaban J connectivity index is 0. The van der Waals surface area contributed by atoms with Gasteiger partial charge in [-0.1, -0.05) is 0 Å². The van der Waals surface area contributed by atoms with Crippen LogP contribution in [0.2, 0.25) is 0 Å². The number of aliphatic imine (C=N–C) groups is 1. The quantitative estimate of drug-likeness (QED) is 0.149.